The Morgan fingerprint density at radius 2 is 2.04 bits per heavy atom. The van der Waals surface area contributed by atoms with Gasteiger partial charge in [0.15, 0.2) is 0 Å². The van der Waals surface area contributed by atoms with E-state index in [0.29, 0.717) is 25.1 Å². The summed E-state index contributed by atoms with van der Waals surface area (Å²) in [5.41, 5.74) is 9.00. The van der Waals surface area contributed by atoms with E-state index in [2.05, 4.69) is 9.55 Å². The molecular weight excluding hydrogens is 292 g/mol. The van der Waals surface area contributed by atoms with Gasteiger partial charge in [-0.2, -0.15) is 0 Å². The van der Waals surface area contributed by atoms with Crippen LogP contribution in [-0.2, 0) is 9.53 Å². The van der Waals surface area contributed by atoms with E-state index in [9.17, 15) is 4.79 Å². The van der Waals surface area contributed by atoms with Gasteiger partial charge < -0.3 is 19.9 Å². The molecule has 122 valence electrons. The van der Waals surface area contributed by atoms with Crippen molar-refractivity contribution in [3.05, 3.63) is 18.2 Å². The second-order valence-corrected chi connectivity index (χ2v) is 6.40. The largest absolute Gasteiger partial charge is 0.370 e. The van der Waals surface area contributed by atoms with Crippen molar-refractivity contribution < 1.29 is 9.53 Å². The molecule has 1 saturated carbocycles. The first kappa shape index (κ1) is 14.5. The van der Waals surface area contributed by atoms with Gasteiger partial charge in [-0.25, -0.2) is 4.98 Å². The Morgan fingerprint density at radius 1 is 1.22 bits per heavy atom. The Labute approximate surface area is 135 Å². The molecule has 1 aromatic heterocycles. The van der Waals surface area contributed by atoms with Crippen LogP contribution in [0, 0.1) is 0 Å². The predicted octanol–water partition coefficient (Wildman–Crippen LogP) is 2.49. The highest BCUT2D eigenvalue weighted by molar-refractivity contribution is 5.96. The van der Waals surface area contributed by atoms with Crippen molar-refractivity contribution in [2.24, 2.45) is 0 Å². The quantitative estimate of drug-likeness (QED) is 0.924. The molecule has 2 aliphatic rings. The van der Waals surface area contributed by atoms with Crippen molar-refractivity contribution >= 4 is 28.6 Å². The van der Waals surface area contributed by atoms with Crippen LogP contribution in [0.25, 0.3) is 11.0 Å². The summed E-state index contributed by atoms with van der Waals surface area (Å²) < 4.78 is 7.37. The summed E-state index contributed by atoms with van der Waals surface area (Å²) >= 11 is 0. The van der Waals surface area contributed by atoms with Gasteiger partial charge in [0.05, 0.1) is 17.6 Å². The number of nitrogens with zero attached hydrogens (tertiary/aromatic N) is 3. The van der Waals surface area contributed by atoms with Gasteiger partial charge >= 0.3 is 0 Å². The number of benzene rings is 1. The van der Waals surface area contributed by atoms with Crippen LogP contribution < -0.4 is 10.6 Å². The van der Waals surface area contributed by atoms with Crippen molar-refractivity contribution in [1.29, 1.82) is 0 Å². The van der Waals surface area contributed by atoms with Crippen LogP contribution in [-0.4, -0.2) is 35.2 Å². The van der Waals surface area contributed by atoms with Crippen molar-refractivity contribution in [3.63, 3.8) is 0 Å². The number of anilines is 2. The molecule has 0 unspecified atom stereocenters. The van der Waals surface area contributed by atoms with Crippen molar-refractivity contribution in [1.82, 2.24) is 9.55 Å². The number of aromatic nitrogens is 2. The fraction of sp³-hybridized carbons (Fsp3) is 0.529. The van der Waals surface area contributed by atoms with Crippen LogP contribution in [0.4, 0.5) is 11.6 Å². The van der Waals surface area contributed by atoms with Crippen molar-refractivity contribution in [2.75, 3.05) is 30.4 Å². The molecule has 0 spiro atoms. The highest BCUT2D eigenvalue weighted by Crippen LogP contribution is 2.34. The Kier molecular flexibility index (Phi) is 3.69. The standard InChI is InChI=1S/C17H22N4O2/c18-17-19-14-10-13(20-8-9-23-11-16(20)22)6-7-15(14)21(17)12-4-2-1-3-5-12/h6-7,10,12H,1-5,8-9,11H2,(H2,18,19). The van der Waals surface area contributed by atoms with Gasteiger partial charge in [-0.3, -0.25) is 4.79 Å². The number of nitrogen functional groups attached to an aromatic ring is 1. The summed E-state index contributed by atoms with van der Waals surface area (Å²) in [6, 6.07) is 6.45. The van der Waals surface area contributed by atoms with Crippen LogP contribution in [0.3, 0.4) is 0 Å². The van der Waals surface area contributed by atoms with E-state index < -0.39 is 0 Å². The number of rotatable bonds is 2. The monoisotopic (exact) mass is 314 g/mol. The van der Waals surface area contributed by atoms with Crippen LogP contribution in [0.1, 0.15) is 38.1 Å². The highest BCUT2D eigenvalue weighted by Gasteiger charge is 2.23. The molecular formula is C17H22N4O2. The number of hydrogen-bond acceptors (Lipinski definition) is 4. The molecule has 2 fully saturated rings. The van der Waals surface area contributed by atoms with E-state index >= 15 is 0 Å². The lowest BCUT2D eigenvalue weighted by atomic mass is 9.95. The van der Waals surface area contributed by atoms with Crippen LogP contribution >= 0.6 is 0 Å². The molecule has 1 aromatic carbocycles. The first-order valence-corrected chi connectivity index (χ1v) is 8.39. The lowest BCUT2D eigenvalue weighted by Gasteiger charge is -2.27. The van der Waals surface area contributed by atoms with Crippen LogP contribution in [0.15, 0.2) is 18.2 Å². The van der Waals surface area contributed by atoms with Gasteiger partial charge in [0, 0.05) is 18.3 Å². The van der Waals surface area contributed by atoms with Gasteiger partial charge in [0.2, 0.25) is 5.95 Å². The minimum atomic E-state index is -0.00437. The number of fused-ring (bicyclic) bond motifs is 1. The van der Waals surface area contributed by atoms with Crippen molar-refractivity contribution in [3.8, 4) is 0 Å². The molecule has 2 heterocycles. The summed E-state index contributed by atoms with van der Waals surface area (Å²) in [4.78, 5) is 18.3. The number of ether oxygens (including phenoxy) is 1. The number of imidazole rings is 1. The molecule has 6 nitrogen and oxygen atoms in total. The summed E-state index contributed by atoms with van der Waals surface area (Å²) in [5, 5.41) is 0. The topological polar surface area (TPSA) is 73.4 Å². The first-order chi connectivity index (χ1) is 11.2. The Bertz CT molecular complexity index is 734. The number of amides is 1. The van der Waals surface area contributed by atoms with E-state index in [0.717, 1.165) is 16.7 Å². The van der Waals surface area contributed by atoms with Crippen LogP contribution in [0.5, 0.6) is 0 Å². The molecule has 0 bridgehead atoms. The maximum Gasteiger partial charge on any atom is 0.253 e. The molecule has 23 heavy (non-hydrogen) atoms. The lowest BCUT2D eigenvalue weighted by molar-refractivity contribution is -0.125. The average Bonchev–Trinajstić information content (AvgIpc) is 2.91. The maximum atomic E-state index is 12.0. The number of carbonyl (C=O) groups excluding carboxylic acids is 1. The summed E-state index contributed by atoms with van der Waals surface area (Å²) in [5.74, 6) is 0.577. The van der Waals surface area contributed by atoms with Gasteiger partial charge in [0.25, 0.3) is 5.91 Å². The van der Waals surface area contributed by atoms with E-state index in [1.807, 2.05) is 18.2 Å². The van der Waals surface area contributed by atoms with E-state index in [4.69, 9.17) is 10.5 Å². The minimum absolute atomic E-state index is 0.00437. The van der Waals surface area contributed by atoms with Gasteiger partial charge in [-0.15, -0.1) is 0 Å². The summed E-state index contributed by atoms with van der Waals surface area (Å²) in [6.45, 7) is 1.31. The molecule has 1 aliphatic heterocycles. The summed E-state index contributed by atoms with van der Waals surface area (Å²) in [7, 11) is 0. The van der Waals surface area contributed by atoms with Gasteiger partial charge in [0.1, 0.15) is 6.61 Å². The molecule has 1 saturated heterocycles. The Balaban J connectivity index is 1.71. The molecule has 4 rings (SSSR count). The molecule has 1 aliphatic carbocycles. The Hall–Kier alpha value is -2.08. The zero-order chi connectivity index (χ0) is 15.8. The fourth-order valence-electron chi connectivity index (χ4n) is 3.79. The molecule has 2 N–H and O–H groups in total. The van der Waals surface area contributed by atoms with E-state index in [1.165, 1.54) is 32.1 Å². The third-order valence-corrected chi connectivity index (χ3v) is 4.94. The normalized spacial score (nSPS) is 20.3. The minimum Gasteiger partial charge on any atom is -0.370 e. The van der Waals surface area contributed by atoms with E-state index in [-0.39, 0.29) is 12.5 Å². The molecule has 0 radical (unpaired) electrons. The zero-order valence-electron chi connectivity index (χ0n) is 13.2. The van der Waals surface area contributed by atoms with Crippen LogP contribution in [0.2, 0.25) is 0 Å². The molecule has 2 aromatic rings. The van der Waals surface area contributed by atoms with E-state index in [1.54, 1.807) is 4.90 Å². The van der Waals surface area contributed by atoms with Crippen molar-refractivity contribution in [2.45, 2.75) is 38.1 Å². The zero-order valence-corrected chi connectivity index (χ0v) is 13.2. The second-order valence-electron chi connectivity index (χ2n) is 6.40. The summed E-state index contributed by atoms with van der Waals surface area (Å²) in [6.07, 6.45) is 6.15. The predicted molar refractivity (Wildman–Crippen MR) is 89.4 cm³/mol. The third-order valence-electron chi connectivity index (χ3n) is 4.94. The number of nitrogens with two attached hydrogens (primary N) is 1. The Morgan fingerprint density at radius 3 is 2.83 bits per heavy atom. The third kappa shape index (κ3) is 2.57. The van der Waals surface area contributed by atoms with Gasteiger partial charge in [-0.1, -0.05) is 19.3 Å². The van der Waals surface area contributed by atoms with Gasteiger partial charge in [-0.05, 0) is 31.0 Å². The number of hydrogen-bond donors (Lipinski definition) is 1. The molecule has 1 amide bonds. The maximum absolute atomic E-state index is 12.0. The molecule has 6 heteroatoms. The number of morpholine rings is 1. The second kappa shape index (κ2) is 5.85. The fourth-order valence-corrected chi connectivity index (χ4v) is 3.79. The average molecular weight is 314 g/mol. The number of carbonyl (C=O) groups is 1. The SMILES string of the molecule is Nc1nc2cc(N3CCOCC3=O)ccc2n1C1CCCCC1. The molecule has 0 atom stereocenters. The lowest BCUT2D eigenvalue weighted by Crippen LogP contribution is -2.41. The highest BCUT2D eigenvalue weighted by atomic mass is 16.5. The first-order valence-electron chi connectivity index (χ1n) is 8.39. The smallest absolute Gasteiger partial charge is 0.253 e.